The molecule has 0 unspecified atom stereocenters. The lowest BCUT2D eigenvalue weighted by Gasteiger charge is -2.32. The van der Waals surface area contributed by atoms with Gasteiger partial charge < -0.3 is 20.1 Å². The predicted molar refractivity (Wildman–Crippen MR) is 88.3 cm³/mol. The van der Waals surface area contributed by atoms with Crippen LogP contribution in [0.25, 0.3) is 0 Å². The van der Waals surface area contributed by atoms with E-state index in [1.165, 1.54) is 6.20 Å². The number of hydrogen-bond acceptors (Lipinski definition) is 6. The van der Waals surface area contributed by atoms with Gasteiger partial charge in [-0.2, -0.15) is 0 Å². The molecule has 24 heavy (non-hydrogen) atoms. The summed E-state index contributed by atoms with van der Waals surface area (Å²) in [5.41, 5.74) is 6.42. The molecule has 1 saturated heterocycles. The monoisotopic (exact) mass is 328 g/mol. The Bertz CT molecular complexity index is 681. The number of nitrogens with two attached hydrogens (primary N) is 1. The fraction of sp³-hybridized carbons (Fsp3) is 0.353. The van der Waals surface area contributed by atoms with Gasteiger partial charge in [-0.25, -0.2) is 4.98 Å². The van der Waals surface area contributed by atoms with E-state index in [4.69, 9.17) is 15.2 Å². The number of aromatic nitrogens is 2. The Morgan fingerprint density at radius 2 is 2.08 bits per heavy atom. The number of carbonyl (C=O) groups is 1. The Morgan fingerprint density at radius 3 is 2.88 bits per heavy atom. The average Bonchev–Trinajstić information content (AvgIpc) is 2.63. The topological polar surface area (TPSA) is 90.6 Å². The third-order valence-corrected chi connectivity index (χ3v) is 3.81. The first-order chi connectivity index (χ1) is 11.7. The van der Waals surface area contributed by atoms with Crippen molar-refractivity contribution in [2.45, 2.75) is 12.5 Å². The Hall–Kier alpha value is -2.67. The predicted octanol–water partition coefficient (Wildman–Crippen LogP) is 1.43. The molecule has 1 aromatic heterocycles. The molecule has 1 aliphatic heterocycles. The number of nitrogen functional groups attached to an aromatic ring is 1. The third-order valence-electron chi connectivity index (χ3n) is 3.81. The van der Waals surface area contributed by atoms with Crippen LogP contribution in [-0.4, -0.2) is 47.1 Å². The van der Waals surface area contributed by atoms with Crippen LogP contribution in [0.2, 0.25) is 0 Å². The van der Waals surface area contributed by atoms with Gasteiger partial charge in [-0.15, -0.1) is 0 Å². The maximum Gasteiger partial charge on any atom is 0.226 e. The summed E-state index contributed by atoms with van der Waals surface area (Å²) in [5.74, 6) is 1.13. The molecule has 7 heteroatoms. The number of hydrogen-bond donors (Lipinski definition) is 1. The van der Waals surface area contributed by atoms with Gasteiger partial charge in [0.25, 0.3) is 0 Å². The zero-order chi connectivity index (χ0) is 16.8. The van der Waals surface area contributed by atoms with Crippen molar-refractivity contribution in [2.24, 2.45) is 0 Å². The van der Waals surface area contributed by atoms with Crippen LogP contribution in [0, 0.1) is 0 Å². The second kappa shape index (κ2) is 7.74. The zero-order valence-electron chi connectivity index (χ0n) is 13.3. The standard InChI is InChI=1S/C17H20N4O3/c18-17-16(19-7-8-20-17)14-12-21(9-11-24-14)15(22)6-10-23-13-4-2-1-3-5-13/h1-5,7-8,14H,6,9-12H2,(H2,18,20)/t14-/m1/s1. The van der Waals surface area contributed by atoms with Crippen LogP contribution >= 0.6 is 0 Å². The molecule has 1 aliphatic rings. The van der Waals surface area contributed by atoms with Crippen LogP contribution < -0.4 is 10.5 Å². The van der Waals surface area contributed by atoms with Crippen molar-refractivity contribution >= 4 is 11.7 Å². The van der Waals surface area contributed by atoms with Gasteiger partial charge in [0.15, 0.2) is 0 Å². The first kappa shape index (κ1) is 16.2. The summed E-state index contributed by atoms with van der Waals surface area (Å²) in [7, 11) is 0. The maximum atomic E-state index is 12.4. The van der Waals surface area contributed by atoms with Crippen molar-refractivity contribution in [2.75, 3.05) is 32.0 Å². The molecule has 1 aromatic carbocycles. The fourth-order valence-electron chi connectivity index (χ4n) is 2.58. The number of anilines is 1. The first-order valence-electron chi connectivity index (χ1n) is 7.87. The number of amides is 1. The Kier molecular flexibility index (Phi) is 5.22. The second-order valence-corrected chi connectivity index (χ2v) is 5.44. The van der Waals surface area contributed by atoms with E-state index < -0.39 is 0 Å². The highest BCUT2D eigenvalue weighted by Crippen LogP contribution is 2.23. The highest BCUT2D eigenvalue weighted by atomic mass is 16.5. The number of ether oxygens (including phenoxy) is 2. The summed E-state index contributed by atoms with van der Waals surface area (Å²) in [4.78, 5) is 22.4. The van der Waals surface area contributed by atoms with Crippen molar-refractivity contribution in [3.05, 3.63) is 48.4 Å². The molecule has 1 atom stereocenters. The summed E-state index contributed by atoms with van der Waals surface area (Å²) in [6, 6.07) is 9.45. The summed E-state index contributed by atoms with van der Waals surface area (Å²) >= 11 is 0. The van der Waals surface area contributed by atoms with Crippen LogP contribution in [0.3, 0.4) is 0 Å². The van der Waals surface area contributed by atoms with Crippen molar-refractivity contribution in [3.8, 4) is 5.75 Å². The highest BCUT2D eigenvalue weighted by molar-refractivity contribution is 5.76. The van der Waals surface area contributed by atoms with Crippen molar-refractivity contribution in [3.63, 3.8) is 0 Å². The molecular formula is C17H20N4O3. The summed E-state index contributed by atoms with van der Waals surface area (Å²) in [5, 5.41) is 0. The van der Waals surface area contributed by atoms with Gasteiger partial charge in [0, 0.05) is 18.9 Å². The minimum absolute atomic E-state index is 0.0293. The number of benzene rings is 1. The number of para-hydroxylation sites is 1. The van der Waals surface area contributed by atoms with Gasteiger partial charge in [-0.05, 0) is 12.1 Å². The molecule has 0 aliphatic carbocycles. The summed E-state index contributed by atoms with van der Waals surface area (Å²) < 4.78 is 11.3. The van der Waals surface area contributed by atoms with Crippen molar-refractivity contribution in [1.82, 2.24) is 14.9 Å². The van der Waals surface area contributed by atoms with E-state index in [2.05, 4.69) is 9.97 Å². The lowest BCUT2D eigenvalue weighted by atomic mass is 10.2. The maximum absolute atomic E-state index is 12.4. The van der Waals surface area contributed by atoms with Crippen LogP contribution in [0.15, 0.2) is 42.7 Å². The lowest BCUT2D eigenvalue weighted by molar-refractivity contribution is -0.139. The number of morpholine rings is 1. The van der Waals surface area contributed by atoms with E-state index in [9.17, 15) is 4.79 Å². The normalized spacial score (nSPS) is 17.5. The molecule has 0 radical (unpaired) electrons. The van der Waals surface area contributed by atoms with E-state index in [1.54, 1.807) is 11.1 Å². The molecule has 2 heterocycles. The van der Waals surface area contributed by atoms with Crippen molar-refractivity contribution < 1.29 is 14.3 Å². The molecule has 126 valence electrons. The number of carbonyl (C=O) groups excluding carboxylic acids is 1. The molecule has 0 bridgehead atoms. The SMILES string of the molecule is Nc1nccnc1[C@H]1CN(C(=O)CCOc2ccccc2)CCO1. The van der Waals surface area contributed by atoms with Gasteiger partial charge in [0.2, 0.25) is 5.91 Å². The van der Waals surface area contributed by atoms with Crippen molar-refractivity contribution in [1.29, 1.82) is 0 Å². The van der Waals surface area contributed by atoms with Crippen LogP contribution in [0.1, 0.15) is 18.2 Å². The highest BCUT2D eigenvalue weighted by Gasteiger charge is 2.27. The molecule has 0 spiro atoms. The van der Waals surface area contributed by atoms with Gasteiger partial charge >= 0.3 is 0 Å². The molecular weight excluding hydrogens is 308 g/mol. The molecule has 2 aromatic rings. The van der Waals surface area contributed by atoms with E-state index in [0.29, 0.717) is 44.2 Å². The Labute approximate surface area is 140 Å². The molecule has 3 rings (SSSR count). The van der Waals surface area contributed by atoms with Gasteiger partial charge in [0.05, 0.1) is 26.2 Å². The molecule has 7 nitrogen and oxygen atoms in total. The first-order valence-corrected chi connectivity index (χ1v) is 7.87. The Balaban J connectivity index is 1.52. The van der Waals surface area contributed by atoms with Gasteiger partial charge in [-0.1, -0.05) is 18.2 Å². The van der Waals surface area contributed by atoms with E-state index >= 15 is 0 Å². The summed E-state index contributed by atoms with van der Waals surface area (Å²) in [6.07, 6.45) is 3.08. The van der Waals surface area contributed by atoms with Crippen LogP contribution in [-0.2, 0) is 9.53 Å². The average molecular weight is 328 g/mol. The lowest BCUT2D eigenvalue weighted by Crippen LogP contribution is -2.43. The zero-order valence-corrected chi connectivity index (χ0v) is 13.3. The molecule has 0 saturated carbocycles. The van der Waals surface area contributed by atoms with E-state index in [-0.39, 0.29) is 12.0 Å². The number of nitrogens with zero attached hydrogens (tertiary/aromatic N) is 3. The molecule has 2 N–H and O–H groups in total. The number of rotatable bonds is 5. The van der Waals surface area contributed by atoms with E-state index in [1.807, 2.05) is 30.3 Å². The third kappa shape index (κ3) is 3.99. The molecule has 1 amide bonds. The minimum atomic E-state index is -0.341. The van der Waals surface area contributed by atoms with Crippen LogP contribution in [0.4, 0.5) is 5.82 Å². The second-order valence-electron chi connectivity index (χ2n) is 5.44. The Morgan fingerprint density at radius 1 is 1.29 bits per heavy atom. The quantitative estimate of drug-likeness (QED) is 0.893. The minimum Gasteiger partial charge on any atom is -0.493 e. The van der Waals surface area contributed by atoms with Gasteiger partial charge in [0.1, 0.15) is 23.4 Å². The molecule has 1 fully saturated rings. The fourth-order valence-corrected chi connectivity index (χ4v) is 2.58. The largest absolute Gasteiger partial charge is 0.493 e. The summed E-state index contributed by atoms with van der Waals surface area (Å²) in [6.45, 7) is 1.78. The van der Waals surface area contributed by atoms with Gasteiger partial charge in [-0.3, -0.25) is 9.78 Å². The van der Waals surface area contributed by atoms with Crippen LogP contribution in [0.5, 0.6) is 5.75 Å². The van der Waals surface area contributed by atoms with E-state index in [0.717, 1.165) is 5.75 Å². The smallest absolute Gasteiger partial charge is 0.226 e.